The predicted molar refractivity (Wildman–Crippen MR) is 142 cm³/mol. The number of hydrogen-bond acceptors (Lipinski definition) is 6. The smallest absolute Gasteiger partial charge is 0.344 e. The number of aryl methyl sites for hydroxylation is 1. The fourth-order valence-corrected chi connectivity index (χ4v) is 6.63. The van der Waals surface area contributed by atoms with E-state index in [1.165, 1.54) is 33.8 Å². The van der Waals surface area contributed by atoms with Crippen LogP contribution in [0.4, 0.5) is 20.7 Å². The summed E-state index contributed by atoms with van der Waals surface area (Å²) in [5.74, 6) is 0.135. The van der Waals surface area contributed by atoms with Crippen LogP contribution in [-0.4, -0.2) is 84.7 Å². The first-order valence-electron chi connectivity index (χ1n) is 13.2. The molecule has 5 rings (SSSR count). The summed E-state index contributed by atoms with van der Waals surface area (Å²) in [6.07, 6.45) is 7.08. The Kier molecular flexibility index (Phi) is 7.19. The van der Waals surface area contributed by atoms with Crippen LogP contribution in [0.1, 0.15) is 49.7 Å². The molecule has 202 valence electrons. The van der Waals surface area contributed by atoms with Crippen molar-refractivity contribution in [3.05, 3.63) is 41.6 Å². The Morgan fingerprint density at radius 3 is 2.54 bits per heavy atom. The van der Waals surface area contributed by atoms with E-state index in [9.17, 15) is 17.6 Å². The standard InChI is InChI=1S/C26H37FN6O3S/c1-20-4-5-21(23(18-20)30-13-6-22(27)7-14-30)19-32-12-3-9-26(32)10-16-31(17-11-26)25(34)33-15-8-24(28-33)29-37(2,35)36/h4-5,8,15,18,22H,3,6-7,9-14,16-17,19H2,1-2H3,(H,28,29). The molecule has 0 unspecified atom stereocenters. The van der Waals surface area contributed by atoms with Crippen molar-refractivity contribution in [1.82, 2.24) is 19.6 Å². The minimum atomic E-state index is -3.45. The lowest BCUT2D eigenvalue weighted by Crippen LogP contribution is -2.53. The molecule has 0 atom stereocenters. The van der Waals surface area contributed by atoms with Crippen molar-refractivity contribution in [2.24, 2.45) is 0 Å². The Hall–Kier alpha value is -2.66. The summed E-state index contributed by atoms with van der Waals surface area (Å²) in [5, 5.41) is 4.09. The minimum absolute atomic E-state index is 0.0675. The van der Waals surface area contributed by atoms with E-state index in [0.29, 0.717) is 25.9 Å². The van der Waals surface area contributed by atoms with Gasteiger partial charge in [0, 0.05) is 56.2 Å². The molecule has 0 bridgehead atoms. The van der Waals surface area contributed by atoms with Gasteiger partial charge in [-0.1, -0.05) is 12.1 Å². The Balaban J connectivity index is 1.25. The van der Waals surface area contributed by atoms with E-state index < -0.39 is 16.2 Å². The van der Waals surface area contributed by atoms with Crippen LogP contribution in [0.5, 0.6) is 0 Å². The van der Waals surface area contributed by atoms with Crippen molar-refractivity contribution in [3.63, 3.8) is 0 Å². The second-order valence-electron chi connectivity index (χ2n) is 10.8. The van der Waals surface area contributed by atoms with Gasteiger partial charge in [-0.2, -0.15) is 4.68 Å². The van der Waals surface area contributed by atoms with Crippen molar-refractivity contribution < 1.29 is 17.6 Å². The first-order valence-corrected chi connectivity index (χ1v) is 15.1. The third-order valence-electron chi connectivity index (χ3n) is 8.15. The van der Waals surface area contributed by atoms with E-state index in [4.69, 9.17) is 0 Å². The van der Waals surface area contributed by atoms with Gasteiger partial charge >= 0.3 is 6.03 Å². The van der Waals surface area contributed by atoms with Crippen LogP contribution in [0.2, 0.25) is 0 Å². The zero-order valence-electron chi connectivity index (χ0n) is 21.7. The zero-order valence-corrected chi connectivity index (χ0v) is 22.5. The third kappa shape index (κ3) is 5.77. The molecule has 3 saturated heterocycles. The normalized spacial score (nSPS) is 21.1. The average Bonchev–Trinajstić information content (AvgIpc) is 3.47. The highest BCUT2D eigenvalue weighted by Gasteiger charge is 2.44. The lowest BCUT2D eigenvalue weighted by Gasteiger charge is -2.45. The number of nitrogens with zero attached hydrogens (tertiary/aromatic N) is 5. The molecule has 0 aliphatic carbocycles. The molecule has 2 aromatic rings. The number of aromatic nitrogens is 2. The van der Waals surface area contributed by atoms with Gasteiger partial charge in [-0.3, -0.25) is 9.62 Å². The average molecular weight is 533 g/mol. The highest BCUT2D eigenvalue weighted by atomic mass is 32.2. The Morgan fingerprint density at radius 2 is 1.84 bits per heavy atom. The minimum Gasteiger partial charge on any atom is -0.371 e. The lowest BCUT2D eigenvalue weighted by atomic mass is 9.84. The van der Waals surface area contributed by atoms with Crippen LogP contribution in [0.25, 0.3) is 0 Å². The number of benzene rings is 1. The molecule has 3 aliphatic rings. The second-order valence-corrected chi connectivity index (χ2v) is 12.6. The maximum absolute atomic E-state index is 13.8. The largest absolute Gasteiger partial charge is 0.371 e. The number of sulfonamides is 1. The molecule has 0 radical (unpaired) electrons. The van der Waals surface area contributed by atoms with Gasteiger partial charge in [0.05, 0.1) is 6.26 Å². The summed E-state index contributed by atoms with van der Waals surface area (Å²) in [4.78, 5) is 19.8. The van der Waals surface area contributed by atoms with Gasteiger partial charge in [0.15, 0.2) is 5.82 Å². The van der Waals surface area contributed by atoms with Crippen LogP contribution in [-0.2, 0) is 16.6 Å². The van der Waals surface area contributed by atoms with E-state index in [2.05, 4.69) is 44.7 Å². The number of piperidine rings is 2. The Morgan fingerprint density at radius 1 is 1.11 bits per heavy atom. The predicted octanol–water partition coefficient (Wildman–Crippen LogP) is 3.60. The van der Waals surface area contributed by atoms with E-state index in [1.807, 2.05) is 0 Å². The summed E-state index contributed by atoms with van der Waals surface area (Å²) >= 11 is 0. The SMILES string of the molecule is Cc1ccc(CN2CCCC23CCN(C(=O)n2ccc(NS(C)(=O)=O)n2)CC3)c(N2CCC(F)CC2)c1. The van der Waals surface area contributed by atoms with Crippen LogP contribution in [0, 0.1) is 6.92 Å². The summed E-state index contributed by atoms with van der Waals surface area (Å²) in [6, 6.07) is 7.89. The van der Waals surface area contributed by atoms with Crippen LogP contribution in [0.15, 0.2) is 30.5 Å². The summed E-state index contributed by atoms with van der Waals surface area (Å²) < 4.78 is 40.2. The van der Waals surface area contributed by atoms with Crippen molar-refractivity contribution in [3.8, 4) is 0 Å². The highest BCUT2D eigenvalue weighted by Crippen LogP contribution is 2.40. The van der Waals surface area contributed by atoms with Crippen molar-refractivity contribution >= 4 is 27.6 Å². The number of likely N-dealkylation sites (tertiary alicyclic amines) is 2. The number of carbonyl (C=O) groups excluding carboxylic acids is 1. The molecule has 1 N–H and O–H groups in total. The number of hydrogen-bond donors (Lipinski definition) is 1. The van der Waals surface area contributed by atoms with Crippen molar-refractivity contribution in [2.75, 3.05) is 48.6 Å². The van der Waals surface area contributed by atoms with E-state index in [0.717, 1.165) is 58.1 Å². The molecule has 3 aliphatic heterocycles. The number of halogens is 1. The van der Waals surface area contributed by atoms with Crippen LogP contribution >= 0.6 is 0 Å². The number of nitrogens with one attached hydrogen (secondary N) is 1. The van der Waals surface area contributed by atoms with Crippen molar-refractivity contribution in [1.29, 1.82) is 0 Å². The summed E-state index contributed by atoms with van der Waals surface area (Å²) in [5.41, 5.74) is 3.82. The van der Waals surface area contributed by atoms with Crippen LogP contribution < -0.4 is 9.62 Å². The molecule has 9 nitrogen and oxygen atoms in total. The monoisotopic (exact) mass is 532 g/mol. The molecule has 1 spiro atoms. The summed E-state index contributed by atoms with van der Waals surface area (Å²) in [6.45, 7) is 6.79. The van der Waals surface area contributed by atoms with Gasteiger partial charge in [-0.15, -0.1) is 5.10 Å². The molecule has 11 heteroatoms. The van der Waals surface area contributed by atoms with E-state index in [1.54, 1.807) is 4.90 Å². The van der Waals surface area contributed by atoms with Gasteiger partial charge in [0.1, 0.15) is 6.17 Å². The van der Waals surface area contributed by atoms with E-state index in [-0.39, 0.29) is 17.4 Å². The quantitative estimate of drug-likeness (QED) is 0.633. The molecule has 3 fully saturated rings. The number of anilines is 2. The van der Waals surface area contributed by atoms with Gasteiger partial charge in [0.25, 0.3) is 0 Å². The molecule has 0 saturated carbocycles. The number of amides is 1. The fraction of sp³-hybridized carbons (Fsp3) is 0.615. The molecule has 1 aromatic carbocycles. The highest BCUT2D eigenvalue weighted by molar-refractivity contribution is 7.92. The van der Waals surface area contributed by atoms with E-state index >= 15 is 0 Å². The number of alkyl halides is 1. The van der Waals surface area contributed by atoms with Gasteiger partial charge in [-0.05, 0) is 69.2 Å². The summed E-state index contributed by atoms with van der Waals surface area (Å²) in [7, 11) is -3.45. The zero-order chi connectivity index (χ0) is 26.2. The van der Waals surface area contributed by atoms with Gasteiger partial charge in [-0.25, -0.2) is 17.6 Å². The second kappa shape index (κ2) is 10.2. The molecule has 1 aromatic heterocycles. The topological polar surface area (TPSA) is 90.8 Å². The first kappa shape index (κ1) is 26.0. The maximum atomic E-state index is 13.8. The molecular formula is C26H37FN6O3S. The van der Waals surface area contributed by atoms with Crippen LogP contribution in [0.3, 0.4) is 0 Å². The lowest BCUT2D eigenvalue weighted by molar-refractivity contribution is 0.0585. The fourth-order valence-electron chi connectivity index (χ4n) is 6.14. The molecule has 37 heavy (non-hydrogen) atoms. The maximum Gasteiger partial charge on any atom is 0.344 e. The van der Waals surface area contributed by atoms with Gasteiger partial charge in [0.2, 0.25) is 10.0 Å². The number of rotatable bonds is 5. The van der Waals surface area contributed by atoms with Gasteiger partial charge < -0.3 is 9.80 Å². The Labute approximate surface area is 218 Å². The molecule has 4 heterocycles. The molecule has 1 amide bonds. The first-order chi connectivity index (χ1) is 17.6. The third-order valence-corrected chi connectivity index (χ3v) is 8.73. The Bertz CT molecular complexity index is 1230. The number of carbonyl (C=O) groups is 1. The molecular weight excluding hydrogens is 495 g/mol. The van der Waals surface area contributed by atoms with Crippen molar-refractivity contribution in [2.45, 2.75) is 63.7 Å².